The molecule has 27 heavy (non-hydrogen) atoms. The number of benzene rings is 3. The molecule has 4 nitrogen and oxygen atoms in total. The molecule has 0 atom stereocenters. The highest BCUT2D eigenvalue weighted by molar-refractivity contribution is 7.17. The van der Waals surface area contributed by atoms with Crippen LogP contribution in [0.1, 0.15) is 20.8 Å². The van der Waals surface area contributed by atoms with Crippen LogP contribution in [-0.4, -0.2) is 11.2 Å². The Morgan fingerprint density at radius 1 is 0.926 bits per heavy atom. The Balaban J connectivity index is 1.91. The number of carbonyl (C=O) groups excluding carboxylic acids is 1. The summed E-state index contributed by atoms with van der Waals surface area (Å²) in [5, 5.41) is 14.0. The van der Waals surface area contributed by atoms with Gasteiger partial charge in [-0.05, 0) is 21.9 Å². The van der Waals surface area contributed by atoms with Gasteiger partial charge in [0.25, 0.3) is 5.69 Å². The van der Waals surface area contributed by atoms with Crippen molar-refractivity contribution < 1.29 is 9.72 Å². The van der Waals surface area contributed by atoms with E-state index < -0.39 is 0 Å². The second-order valence-corrected chi connectivity index (χ2v) is 7.23. The van der Waals surface area contributed by atoms with E-state index in [0.717, 1.165) is 28.2 Å². The van der Waals surface area contributed by atoms with Crippen molar-refractivity contribution in [1.29, 1.82) is 0 Å². The van der Waals surface area contributed by atoms with Crippen LogP contribution in [-0.2, 0) is 6.42 Å². The molecule has 5 heteroatoms. The molecule has 4 aromatic rings. The maximum Gasteiger partial charge on any atom is 0.292 e. The van der Waals surface area contributed by atoms with E-state index in [9.17, 15) is 14.9 Å². The van der Waals surface area contributed by atoms with Gasteiger partial charge in [0.15, 0.2) is 6.29 Å². The monoisotopic (exact) mass is 373 g/mol. The van der Waals surface area contributed by atoms with Gasteiger partial charge >= 0.3 is 0 Å². The van der Waals surface area contributed by atoms with Crippen LogP contribution in [0.15, 0.2) is 72.8 Å². The molecular weight excluding hydrogens is 358 g/mol. The Bertz CT molecular complexity index is 1140. The lowest BCUT2D eigenvalue weighted by atomic mass is 9.97. The summed E-state index contributed by atoms with van der Waals surface area (Å²) in [5.74, 6) is 0. The molecule has 132 valence electrons. The zero-order valence-electron chi connectivity index (χ0n) is 14.3. The number of fused-ring (bicyclic) bond motifs is 1. The summed E-state index contributed by atoms with van der Waals surface area (Å²) in [6, 6.07) is 23.0. The van der Waals surface area contributed by atoms with Crippen molar-refractivity contribution in [1.82, 2.24) is 0 Å². The molecular formula is C22H15NO3S. The van der Waals surface area contributed by atoms with Gasteiger partial charge in [-0.25, -0.2) is 0 Å². The summed E-state index contributed by atoms with van der Waals surface area (Å²) < 4.78 is 0. The van der Waals surface area contributed by atoms with Gasteiger partial charge in [-0.2, -0.15) is 0 Å². The van der Waals surface area contributed by atoms with Crippen molar-refractivity contribution in [2.24, 2.45) is 0 Å². The highest BCUT2D eigenvalue weighted by Gasteiger charge is 2.28. The van der Waals surface area contributed by atoms with Crippen LogP contribution < -0.4 is 0 Å². The molecule has 0 radical (unpaired) electrons. The zero-order chi connectivity index (χ0) is 18.8. The molecule has 0 saturated heterocycles. The molecule has 0 aliphatic carbocycles. The lowest BCUT2D eigenvalue weighted by molar-refractivity contribution is -0.384. The van der Waals surface area contributed by atoms with Gasteiger partial charge in [0.2, 0.25) is 0 Å². The van der Waals surface area contributed by atoms with Crippen LogP contribution in [0, 0.1) is 10.1 Å². The summed E-state index contributed by atoms with van der Waals surface area (Å²) in [6.07, 6.45) is 1.07. The molecule has 0 fully saturated rings. The van der Waals surface area contributed by atoms with E-state index in [4.69, 9.17) is 0 Å². The van der Waals surface area contributed by atoms with Crippen molar-refractivity contribution >= 4 is 34.1 Å². The number of hydrogen-bond acceptors (Lipinski definition) is 4. The lowest BCUT2D eigenvalue weighted by Gasteiger charge is -2.06. The first-order valence-electron chi connectivity index (χ1n) is 8.46. The van der Waals surface area contributed by atoms with E-state index in [1.165, 1.54) is 11.3 Å². The summed E-state index contributed by atoms with van der Waals surface area (Å²) in [5.41, 5.74) is 2.23. The minimum atomic E-state index is -0.369. The van der Waals surface area contributed by atoms with E-state index in [0.29, 0.717) is 21.7 Å². The Kier molecular flexibility index (Phi) is 4.52. The minimum absolute atomic E-state index is 0.0289. The van der Waals surface area contributed by atoms with Crippen molar-refractivity contribution in [3.63, 3.8) is 0 Å². The standard InChI is InChI=1S/C22H15NO3S/c24-14-20-19(13-17-11-6-10-15-7-4-5-12-18(15)17)21(23(25)26)22(27-20)16-8-2-1-3-9-16/h1-12,14H,13H2. The molecule has 1 heterocycles. The van der Waals surface area contributed by atoms with E-state index in [-0.39, 0.29) is 10.6 Å². The molecule has 0 aliphatic rings. The van der Waals surface area contributed by atoms with Crippen LogP contribution >= 0.6 is 11.3 Å². The molecule has 0 unspecified atom stereocenters. The molecule has 0 N–H and O–H groups in total. The Morgan fingerprint density at radius 3 is 2.37 bits per heavy atom. The quantitative estimate of drug-likeness (QED) is 0.249. The molecule has 0 saturated carbocycles. The largest absolute Gasteiger partial charge is 0.297 e. The molecule has 0 bridgehead atoms. The predicted molar refractivity (Wildman–Crippen MR) is 109 cm³/mol. The van der Waals surface area contributed by atoms with Crippen LogP contribution in [0.4, 0.5) is 5.69 Å². The van der Waals surface area contributed by atoms with Crippen LogP contribution in [0.25, 0.3) is 21.2 Å². The van der Waals surface area contributed by atoms with Gasteiger partial charge in [-0.15, -0.1) is 11.3 Å². The van der Waals surface area contributed by atoms with Crippen molar-refractivity contribution in [2.75, 3.05) is 0 Å². The molecule has 1 aromatic heterocycles. The third-order valence-electron chi connectivity index (χ3n) is 4.58. The van der Waals surface area contributed by atoms with Gasteiger partial charge in [0.05, 0.1) is 15.4 Å². The van der Waals surface area contributed by atoms with Crippen LogP contribution in [0.5, 0.6) is 0 Å². The highest BCUT2D eigenvalue weighted by atomic mass is 32.1. The van der Waals surface area contributed by atoms with Crippen LogP contribution in [0.2, 0.25) is 0 Å². The molecule has 3 aromatic carbocycles. The first-order chi connectivity index (χ1) is 13.2. The average Bonchev–Trinajstić information content (AvgIpc) is 3.07. The number of thiophene rings is 1. The summed E-state index contributed by atoms with van der Waals surface area (Å²) in [6.45, 7) is 0. The third kappa shape index (κ3) is 3.13. The van der Waals surface area contributed by atoms with Gasteiger partial charge in [0.1, 0.15) is 4.88 Å². The lowest BCUT2D eigenvalue weighted by Crippen LogP contribution is -1.98. The molecule has 4 rings (SSSR count). The molecule has 0 spiro atoms. The number of aldehydes is 1. The third-order valence-corrected chi connectivity index (χ3v) is 5.78. The maximum atomic E-state index is 11.9. The number of rotatable bonds is 5. The summed E-state index contributed by atoms with van der Waals surface area (Å²) >= 11 is 1.18. The average molecular weight is 373 g/mol. The smallest absolute Gasteiger partial charge is 0.292 e. The number of hydrogen-bond donors (Lipinski definition) is 0. The molecule has 0 amide bonds. The van der Waals surface area contributed by atoms with E-state index in [1.807, 2.05) is 72.8 Å². The van der Waals surface area contributed by atoms with E-state index >= 15 is 0 Å². The van der Waals surface area contributed by atoms with E-state index in [2.05, 4.69) is 0 Å². The SMILES string of the molecule is O=Cc1sc(-c2ccccc2)c([N+](=O)[O-])c1Cc1cccc2ccccc12. The minimum Gasteiger partial charge on any atom is -0.297 e. The predicted octanol–water partition coefficient (Wildman–Crippen LogP) is 5.88. The number of nitro groups is 1. The Hall–Kier alpha value is -3.31. The molecule has 0 aliphatic heterocycles. The first-order valence-corrected chi connectivity index (χ1v) is 9.28. The Labute approximate surface area is 159 Å². The zero-order valence-corrected chi connectivity index (χ0v) is 15.1. The fourth-order valence-electron chi connectivity index (χ4n) is 3.36. The van der Waals surface area contributed by atoms with Gasteiger partial charge < -0.3 is 0 Å². The maximum absolute atomic E-state index is 11.9. The number of carbonyl (C=O) groups is 1. The van der Waals surface area contributed by atoms with E-state index in [1.54, 1.807) is 0 Å². The summed E-state index contributed by atoms with van der Waals surface area (Å²) in [4.78, 5) is 24.2. The van der Waals surface area contributed by atoms with Gasteiger partial charge in [-0.3, -0.25) is 14.9 Å². The Morgan fingerprint density at radius 2 is 1.63 bits per heavy atom. The van der Waals surface area contributed by atoms with Crippen molar-refractivity contribution in [3.05, 3.63) is 98.9 Å². The highest BCUT2D eigenvalue weighted by Crippen LogP contribution is 2.43. The fourth-order valence-corrected chi connectivity index (χ4v) is 4.46. The van der Waals surface area contributed by atoms with Gasteiger partial charge in [-0.1, -0.05) is 72.8 Å². The fraction of sp³-hybridized carbons (Fsp3) is 0.0455. The first kappa shape index (κ1) is 17.1. The topological polar surface area (TPSA) is 60.2 Å². The normalized spacial score (nSPS) is 10.8. The van der Waals surface area contributed by atoms with Crippen molar-refractivity contribution in [3.8, 4) is 10.4 Å². The summed E-state index contributed by atoms with van der Waals surface area (Å²) in [7, 11) is 0. The van der Waals surface area contributed by atoms with Crippen LogP contribution in [0.3, 0.4) is 0 Å². The van der Waals surface area contributed by atoms with Crippen molar-refractivity contribution in [2.45, 2.75) is 6.42 Å². The van der Waals surface area contributed by atoms with Gasteiger partial charge in [0, 0.05) is 6.42 Å². The second kappa shape index (κ2) is 7.13. The number of nitrogens with zero attached hydrogens (tertiary/aromatic N) is 1. The second-order valence-electron chi connectivity index (χ2n) is 6.18.